The topological polar surface area (TPSA) is 0 Å². The Bertz CT molecular complexity index is 859. The van der Waals surface area contributed by atoms with Gasteiger partial charge in [-0.2, -0.15) is 0 Å². The van der Waals surface area contributed by atoms with Crippen molar-refractivity contribution in [2.75, 3.05) is 0 Å². The van der Waals surface area contributed by atoms with Crippen LogP contribution in [0.5, 0.6) is 0 Å². The lowest BCUT2D eigenvalue weighted by molar-refractivity contribution is 0.495. The van der Waals surface area contributed by atoms with Crippen molar-refractivity contribution in [2.45, 2.75) is 28.9 Å². The molecule has 0 saturated heterocycles. The second-order valence-electron chi connectivity index (χ2n) is 6.56. The standard InChI is InChI=1S/C22H19ClS/c1-22(17-9-3-2-4-10-17)15-21(16-8-7-11-18(23)14-16)24-20-13-6-5-12-19(20)22/h2-14,21H,15H2,1H3. The SMILES string of the molecule is CC1(c2ccccc2)CC(c2cccc(Cl)c2)Sc2ccccc21. The first kappa shape index (κ1) is 15.8. The van der Waals surface area contributed by atoms with Crippen molar-refractivity contribution in [3.63, 3.8) is 0 Å². The molecule has 0 N–H and O–H groups in total. The second kappa shape index (κ2) is 6.31. The Balaban J connectivity index is 1.84. The third kappa shape index (κ3) is 2.76. The van der Waals surface area contributed by atoms with Crippen molar-refractivity contribution in [3.8, 4) is 0 Å². The van der Waals surface area contributed by atoms with Crippen molar-refractivity contribution < 1.29 is 0 Å². The zero-order chi connectivity index (χ0) is 16.6. The average Bonchev–Trinajstić information content (AvgIpc) is 2.62. The zero-order valence-electron chi connectivity index (χ0n) is 13.6. The molecule has 120 valence electrons. The smallest absolute Gasteiger partial charge is 0.0409 e. The Labute approximate surface area is 152 Å². The molecule has 0 fully saturated rings. The van der Waals surface area contributed by atoms with Gasteiger partial charge in [-0.3, -0.25) is 0 Å². The molecule has 0 saturated carbocycles. The third-order valence-corrected chi connectivity index (χ3v) is 6.54. The molecule has 2 unspecified atom stereocenters. The molecule has 4 rings (SSSR count). The van der Waals surface area contributed by atoms with Crippen LogP contribution in [0.3, 0.4) is 0 Å². The Morgan fingerprint density at radius 1 is 0.917 bits per heavy atom. The number of hydrogen-bond acceptors (Lipinski definition) is 1. The largest absolute Gasteiger partial charge is 0.118 e. The normalized spacial score (nSPS) is 22.8. The number of rotatable bonds is 2. The number of fused-ring (bicyclic) bond motifs is 1. The summed E-state index contributed by atoms with van der Waals surface area (Å²) in [6.07, 6.45) is 1.07. The van der Waals surface area contributed by atoms with Gasteiger partial charge in [0.05, 0.1) is 0 Å². The van der Waals surface area contributed by atoms with Crippen LogP contribution in [-0.2, 0) is 5.41 Å². The highest BCUT2D eigenvalue weighted by Crippen LogP contribution is 2.54. The van der Waals surface area contributed by atoms with Gasteiger partial charge in [-0.05, 0) is 41.3 Å². The van der Waals surface area contributed by atoms with Crippen LogP contribution in [0.15, 0.2) is 83.8 Å². The summed E-state index contributed by atoms with van der Waals surface area (Å²) in [6.45, 7) is 2.37. The quantitative estimate of drug-likeness (QED) is 0.485. The molecule has 0 radical (unpaired) electrons. The van der Waals surface area contributed by atoms with Crippen LogP contribution in [0.2, 0.25) is 5.02 Å². The number of hydrogen-bond donors (Lipinski definition) is 0. The fraction of sp³-hybridized carbons (Fsp3) is 0.182. The number of halogens is 1. The van der Waals surface area contributed by atoms with Gasteiger partial charge in [0.1, 0.15) is 0 Å². The maximum Gasteiger partial charge on any atom is 0.0409 e. The Kier molecular flexibility index (Phi) is 4.15. The molecular weight excluding hydrogens is 332 g/mol. The van der Waals surface area contributed by atoms with Gasteiger partial charge in [0.25, 0.3) is 0 Å². The lowest BCUT2D eigenvalue weighted by Gasteiger charge is -2.40. The first-order valence-electron chi connectivity index (χ1n) is 8.24. The molecule has 0 bridgehead atoms. The highest BCUT2D eigenvalue weighted by Gasteiger charge is 2.38. The second-order valence-corrected chi connectivity index (χ2v) is 8.24. The fourth-order valence-corrected chi connectivity index (χ4v) is 5.46. The van der Waals surface area contributed by atoms with E-state index in [2.05, 4.69) is 79.7 Å². The summed E-state index contributed by atoms with van der Waals surface area (Å²) in [5.41, 5.74) is 4.13. The van der Waals surface area contributed by atoms with Crippen LogP contribution in [0.4, 0.5) is 0 Å². The van der Waals surface area contributed by atoms with Gasteiger partial charge in [-0.25, -0.2) is 0 Å². The van der Waals surface area contributed by atoms with Crippen LogP contribution in [-0.4, -0.2) is 0 Å². The van der Waals surface area contributed by atoms with Gasteiger partial charge in [0, 0.05) is 20.6 Å². The monoisotopic (exact) mass is 350 g/mol. The molecule has 1 aliphatic rings. The minimum Gasteiger partial charge on any atom is -0.118 e. The van der Waals surface area contributed by atoms with E-state index in [1.54, 1.807) is 0 Å². The lowest BCUT2D eigenvalue weighted by Crippen LogP contribution is -2.29. The van der Waals surface area contributed by atoms with Crippen molar-refractivity contribution in [1.82, 2.24) is 0 Å². The van der Waals surface area contributed by atoms with Gasteiger partial charge >= 0.3 is 0 Å². The van der Waals surface area contributed by atoms with E-state index < -0.39 is 0 Å². The van der Waals surface area contributed by atoms with Gasteiger partial charge in [0.15, 0.2) is 0 Å². The Hall–Kier alpha value is -1.70. The van der Waals surface area contributed by atoms with Crippen LogP contribution in [0.1, 0.15) is 35.3 Å². The number of benzene rings is 3. The van der Waals surface area contributed by atoms with Crippen LogP contribution in [0.25, 0.3) is 0 Å². The van der Waals surface area contributed by atoms with Gasteiger partial charge in [0.2, 0.25) is 0 Å². The predicted octanol–water partition coefficient (Wildman–Crippen LogP) is 6.88. The molecule has 24 heavy (non-hydrogen) atoms. The lowest BCUT2D eigenvalue weighted by atomic mass is 9.72. The Morgan fingerprint density at radius 3 is 2.46 bits per heavy atom. The molecule has 2 heteroatoms. The molecule has 1 aliphatic heterocycles. The predicted molar refractivity (Wildman–Crippen MR) is 104 cm³/mol. The molecule has 0 nitrogen and oxygen atoms in total. The Morgan fingerprint density at radius 2 is 1.67 bits per heavy atom. The highest BCUT2D eigenvalue weighted by atomic mass is 35.5. The fourth-order valence-electron chi connectivity index (χ4n) is 3.67. The maximum absolute atomic E-state index is 6.24. The molecule has 1 heterocycles. The van der Waals surface area contributed by atoms with E-state index in [0.717, 1.165) is 11.4 Å². The van der Waals surface area contributed by atoms with E-state index in [1.165, 1.54) is 21.6 Å². The van der Waals surface area contributed by atoms with Crippen LogP contribution >= 0.6 is 23.4 Å². The number of thioether (sulfide) groups is 1. The molecular formula is C22H19ClS. The van der Waals surface area contributed by atoms with E-state index in [9.17, 15) is 0 Å². The summed E-state index contributed by atoms with van der Waals surface area (Å²) in [4.78, 5) is 1.38. The first-order valence-corrected chi connectivity index (χ1v) is 9.50. The van der Waals surface area contributed by atoms with Crippen LogP contribution < -0.4 is 0 Å². The molecule has 3 aromatic rings. The first-order chi connectivity index (χ1) is 11.7. The minimum atomic E-state index is 0.0100. The van der Waals surface area contributed by atoms with Gasteiger partial charge < -0.3 is 0 Å². The van der Waals surface area contributed by atoms with E-state index in [1.807, 2.05) is 17.8 Å². The molecule has 0 aromatic heterocycles. The average molecular weight is 351 g/mol. The third-order valence-electron chi connectivity index (χ3n) is 4.98. The summed E-state index contributed by atoms with van der Waals surface area (Å²) >= 11 is 8.20. The van der Waals surface area contributed by atoms with Gasteiger partial charge in [-0.15, -0.1) is 11.8 Å². The summed E-state index contributed by atoms with van der Waals surface area (Å²) in [6, 6.07) is 28.0. The van der Waals surface area contributed by atoms with Crippen LogP contribution in [0, 0.1) is 0 Å². The maximum atomic E-state index is 6.24. The molecule has 0 aliphatic carbocycles. The van der Waals surface area contributed by atoms with E-state index in [0.29, 0.717) is 5.25 Å². The van der Waals surface area contributed by atoms with E-state index in [4.69, 9.17) is 11.6 Å². The summed E-state index contributed by atoms with van der Waals surface area (Å²) in [7, 11) is 0. The van der Waals surface area contributed by atoms with Crippen molar-refractivity contribution in [2.24, 2.45) is 0 Å². The van der Waals surface area contributed by atoms with Crippen molar-refractivity contribution in [1.29, 1.82) is 0 Å². The summed E-state index contributed by atoms with van der Waals surface area (Å²) < 4.78 is 0. The van der Waals surface area contributed by atoms with E-state index >= 15 is 0 Å². The summed E-state index contributed by atoms with van der Waals surface area (Å²) in [5, 5.41) is 1.22. The zero-order valence-corrected chi connectivity index (χ0v) is 15.1. The molecule has 0 amide bonds. The van der Waals surface area contributed by atoms with Gasteiger partial charge in [-0.1, -0.05) is 79.2 Å². The van der Waals surface area contributed by atoms with E-state index in [-0.39, 0.29) is 5.41 Å². The van der Waals surface area contributed by atoms with Crippen molar-refractivity contribution in [3.05, 3.63) is 101 Å². The highest BCUT2D eigenvalue weighted by molar-refractivity contribution is 7.99. The van der Waals surface area contributed by atoms with Crippen molar-refractivity contribution >= 4 is 23.4 Å². The molecule has 3 aromatic carbocycles. The molecule has 2 atom stereocenters. The summed E-state index contributed by atoms with van der Waals surface area (Å²) in [5.74, 6) is 0. The minimum absolute atomic E-state index is 0.0100. The molecule has 0 spiro atoms.